The van der Waals surface area contributed by atoms with E-state index >= 15 is 0 Å². The number of benzene rings is 2. The number of carbonyl (C=O) groups is 2. The van der Waals surface area contributed by atoms with Gasteiger partial charge >= 0.3 is 5.97 Å². The summed E-state index contributed by atoms with van der Waals surface area (Å²) in [6, 6.07) is 9.53. The molecule has 2 rings (SSSR count). The van der Waals surface area contributed by atoms with Gasteiger partial charge in [0.2, 0.25) is 0 Å². The number of rotatable bonds is 6. The highest BCUT2D eigenvalue weighted by Gasteiger charge is 2.14. The maximum Gasteiger partial charge on any atom is 0.338 e. The third-order valence-electron chi connectivity index (χ3n) is 3.08. The van der Waals surface area contributed by atoms with E-state index in [4.69, 9.17) is 21.1 Å². The van der Waals surface area contributed by atoms with Crippen molar-refractivity contribution in [3.05, 3.63) is 63.2 Å². The Kier molecular flexibility index (Phi) is 5.91. The van der Waals surface area contributed by atoms with Crippen molar-refractivity contribution in [2.45, 2.75) is 0 Å². The van der Waals surface area contributed by atoms with Crippen LogP contribution in [0.5, 0.6) is 5.75 Å². The molecule has 0 fully saturated rings. The highest BCUT2D eigenvalue weighted by molar-refractivity contribution is 6.31. The molecule has 0 aliphatic carbocycles. The summed E-state index contributed by atoms with van der Waals surface area (Å²) >= 11 is 5.86. The predicted octanol–water partition coefficient (Wildman–Crippen LogP) is 3.05. The fourth-order valence-electron chi connectivity index (χ4n) is 1.90. The van der Waals surface area contributed by atoms with Crippen LogP contribution in [0.2, 0.25) is 5.02 Å². The zero-order valence-electron chi connectivity index (χ0n) is 13.0. The maximum absolute atomic E-state index is 11.9. The Balaban J connectivity index is 1.94. The van der Waals surface area contributed by atoms with Gasteiger partial charge in [0.1, 0.15) is 5.75 Å². The van der Waals surface area contributed by atoms with Crippen molar-refractivity contribution in [1.82, 2.24) is 0 Å². The standard InChI is InChI=1S/C16H13ClN2O6/c1-24-14-7-4-11(17)8-13(14)18-15(20)9-25-16(21)10-2-5-12(6-3-10)19(22)23/h2-8H,9H2,1H3,(H,18,20). The van der Waals surface area contributed by atoms with Crippen LogP contribution in [0.15, 0.2) is 42.5 Å². The van der Waals surface area contributed by atoms with Crippen molar-refractivity contribution in [3.63, 3.8) is 0 Å². The molecule has 0 saturated heterocycles. The zero-order valence-corrected chi connectivity index (χ0v) is 13.8. The molecular formula is C16H13ClN2O6. The molecule has 0 aliphatic rings. The van der Waals surface area contributed by atoms with E-state index in [1.807, 2.05) is 0 Å². The van der Waals surface area contributed by atoms with E-state index in [2.05, 4.69) is 5.32 Å². The number of methoxy groups -OCH3 is 1. The quantitative estimate of drug-likeness (QED) is 0.479. The lowest BCUT2D eigenvalue weighted by atomic mass is 10.2. The minimum absolute atomic E-state index is 0.0961. The molecule has 1 amide bonds. The van der Waals surface area contributed by atoms with Crippen molar-refractivity contribution < 1.29 is 24.0 Å². The first-order valence-electron chi connectivity index (χ1n) is 6.95. The van der Waals surface area contributed by atoms with Crippen molar-refractivity contribution in [3.8, 4) is 5.75 Å². The van der Waals surface area contributed by atoms with E-state index in [9.17, 15) is 19.7 Å². The van der Waals surface area contributed by atoms with Gasteiger partial charge in [-0.25, -0.2) is 4.79 Å². The Morgan fingerprint density at radius 2 is 1.88 bits per heavy atom. The van der Waals surface area contributed by atoms with Crippen LogP contribution in [-0.2, 0) is 9.53 Å². The minimum Gasteiger partial charge on any atom is -0.495 e. The molecule has 25 heavy (non-hydrogen) atoms. The van der Waals surface area contributed by atoms with Gasteiger partial charge in [-0.15, -0.1) is 0 Å². The lowest BCUT2D eigenvalue weighted by Crippen LogP contribution is -2.21. The number of amides is 1. The molecule has 9 heteroatoms. The van der Waals surface area contributed by atoms with E-state index in [0.29, 0.717) is 16.5 Å². The first kappa shape index (κ1) is 18.2. The second-order valence-electron chi connectivity index (χ2n) is 4.77. The largest absolute Gasteiger partial charge is 0.495 e. The first-order valence-corrected chi connectivity index (χ1v) is 7.33. The van der Waals surface area contributed by atoms with Crippen molar-refractivity contribution in [2.75, 3.05) is 19.0 Å². The van der Waals surface area contributed by atoms with Crippen molar-refractivity contribution in [2.24, 2.45) is 0 Å². The van der Waals surface area contributed by atoms with Crippen molar-refractivity contribution in [1.29, 1.82) is 0 Å². The van der Waals surface area contributed by atoms with Crippen LogP contribution >= 0.6 is 11.6 Å². The molecule has 0 radical (unpaired) electrons. The summed E-state index contributed by atoms with van der Waals surface area (Å²) in [6.45, 7) is -0.536. The minimum atomic E-state index is -0.775. The van der Waals surface area contributed by atoms with Gasteiger partial charge in [0, 0.05) is 17.2 Å². The Hall–Kier alpha value is -3.13. The maximum atomic E-state index is 11.9. The fraction of sp³-hybridized carbons (Fsp3) is 0.125. The number of anilines is 1. The van der Waals surface area contributed by atoms with Crippen LogP contribution in [-0.4, -0.2) is 30.5 Å². The van der Waals surface area contributed by atoms with E-state index in [1.54, 1.807) is 12.1 Å². The van der Waals surface area contributed by atoms with E-state index in [0.717, 1.165) is 0 Å². The number of non-ortho nitro benzene ring substituents is 1. The van der Waals surface area contributed by atoms with E-state index < -0.39 is 23.4 Å². The summed E-state index contributed by atoms with van der Waals surface area (Å²) < 4.78 is 9.96. The van der Waals surface area contributed by atoms with Gasteiger partial charge in [-0.2, -0.15) is 0 Å². The van der Waals surface area contributed by atoms with E-state index in [1.165, 1.54) is 37.4 Å². The number of nitrogens with zero attached hydrogens (tertiary/aromatic N) is 1. The van der Waals surface area contributed by atoms with Gasteiger partial charge in [0.05, 0.1) is 23.3 Å². The Morgan fingerprint density at radius 3 is 2.48 bits per heavy atom. The molecule has 0 atom stereocenters. The number of halogens is 1. The Morgan fingerprint density at radius 1 is 1.20 bits per heavy atom. The number of hydrogen-bond acceptors (Lipinski definition) is 6. The molecule has 0 heterocycles. The molecule has 0 spiro atoms. The first-order chi connectivity index (χ1) is 11.9. The fourth-order valence-corrected chi connectivity index (χ4v) is 2.07. The third kappa shape index (κ3) is 4.92. The van der Waals surface area contributed by atoms with Gasteiger partial charge in [-0.1, -0.05) is 11.6 Å². The number of nitro groups is 1. The molecule has 0 aromatic heterocycles. The second-order valence-corrected chi connectivity index (χ2v) is 5.21. The normalized spacial score (nSPS) is 10.0. The summed E-state index contributed by atoms with van der Waals surface area (Å²) in [5.74, 6) is -0.960. The van der Waals surface area contributed by atoms with Crippen LogP contribution in [0.1, 0.15) is 10.4 Å². The Bertz CT molecular complexity index is 807. The van der Waals surface area contributed by atoms with Crippen LogP contribution in [0.3, 0.4) is 0 Å². The summed E-state index contributed by atoms with van der Waals surface area (Å²) in [7, 11) is 1.44. The molecule has 0 bridgehead atoms. The average molecular weight is 365 g/mol. The highest BCUT2D eigenvalue weighted by Crippen LogP contribution is 2.27. The molecule has 1 N–H and O–H groups in total. The molecule has 0 unspecified atom stereocenters. The molecular weight excluding hydrogens is 352 g/mol. The topological polar surface area (TPSA) is 108 Å². The van der Waals surface area contributed by atoms with Crippen LogP contribution in [0.4, 0.5) is 11.4 Å². The predicted molar refractivity (Wildman–Crippen MR) is 90.0 cm³/mol. The Labute approximate surface area is 147 Å². The summed E-state index contributed by atoms with van der Waals surface area (Å²) in [5, 5.41) is 13.5. The summed E-state index contributed by atoms with van der Waals surface area (Å²) in [6.07, 6.45) is 0. The van der Waals surface area contributed by atoms with E-state index in [-0.39, 0.29) is 11.3 Å². The average Bonchev–Trinajstić information content (AvgIpc) is 2.60. The molecule has 130 valence electrons. The molecule has 0 saturated carbocycles. The van der Waals surface area contributed by atoms with Crippen LogP contribution < -0.4 is 10.1 Å². The number of hydrogen-bond donors (Lipinski definition) is 1. The summed E-state index contributed by atoms with van der Waals surface area (Å²) in [5.41, 5.74) is 0.285. The van der Waals surface area contributed by atoms with Crippen LogP contribution in [0, 0.1) is 10.1 Å². The number of nitro benzene ring substituents is 1. The van der Waals surface area contributed by atoms with Crippen molar-refractivity contribution >= 4 is 34.9 Å². The molecule has 0 aliphatic heterocycles. The lowest BCUT2D eigenvalue weighted by Gasteiger charge is -2.10. The smallest absolute Gasteiger partial charge is 0.338 e. The van der Waals surface area contributed by atoms with Gasteiger partial charge in [-0.3, -0.25) is 14.9 Å². The SMILES string of the molecule is COc1ccc(Cl)cc1NC(=O)COC(=O)c1ccc([N+](=O)[O-])cc1. The number of ether oxygens (including phenoxy) is 2. The van der Waals surface area contributed by atoms with Crippen LogP contribution in [0.25, 0.3) is 0 Å². The highest BCUT2D eigenvalue weighted by atomic mass is 35.5. The number of carbonyl (C=O) groups excluding carboxylic acids is 2. The van der Waals surface area contributed by atoms with Gasteiger partial charge in [-0.05, 0) is 30.3 Å². The number of esters is 1. The third-order valence-corrected chi connectivity index (χ3v) is 3.32. The monoisotopic (exact) mass is 364 g/mol. The zero-order chi connectivity index (χ0) is 18.4. The summed E-state index contributed by atoms with van der Waals surface area (Å²) in [4.78, 5) is 33.7. The second kappa shape index (κ2) is 8.11. The lowest BCUT2D eigenvalue weighted by molar-refractivity contribution is -0.384. The van der Waals surface area contributed by atoms with Gasteiger partial charge in [0.25, 0.3) is 11.6 Å². The molecule has 2 aromatic carbocycles. The van der Waals surface area contributed by atoms with Gasteiger partial charge < -0.3 is 14.8 Å². The molecule has 8 nitrogen and oxygen atoms in total. The molecule has 2 aromatic rings. The van der Waals surface area contributed by atoms with Gasteiger partial charge in [0.15, 0.2) is 6.61 Å². The number of nitrogens with one attached hydrogen (secondary N) is 1.